The van der Waals surface area contributed by atoms with Crippen molar-refractivity contribution in [3.05, 3.63) is 28.8 Å². The van der Waals surface area contributed by atoms with E-state index in [-0.39, 0.29) is 5.91 Å². The smallest absolute Gasteiger partial charge is 0.241 e. The summed E-state index contributed by atoms with van der Waals surface area (Å²) in [5.74, 6) is -0.133. The summed E-state index contributed by atoms with van der Waals surface area (Å²) >= 11 is 5.83. The summed E-state index contributed by atoms with van der Waals surface area (Å²) in [7, 11) is 0. The van der Waals surface area contributed by atoms with Crippen LogP contribution in [0.15, 0.2) is 18.2 Å². The molecule has 14 heavy (non-hydrogen) atoms. The van der Waals surface area contributed by atoms with Crippen molar-refractivity contribution in [1.82, 2.24) is 0 Å². The lowest BCUT2D eigenvalue weighted by molar-refractivity contribution is -0.117. The van der Waals surface area contributed by atoms with E-state index >= 15 is 0 Å². The minimum atomic E-state index is -0.416. The predicted molar refractivity (Wildman–Crippen MR) is 56.4 cm³/mol. The molecule has 1 aliphatic rings. The van der Waals surface area contributed by atoms with Gasteiger partial charge in [-0.1, -0.05) is 17.7 Å². The molecule has 0 fully saturated rings. The highest BCUT2D eigenvalue weighted by molar-refractivity contribution is 6.31. The standard InChI is InChI=1S/C10H11ClN2O/c11-7-3-1-6-2-4-8(12)10(14)13-9(6)5-7/h1,3,5,8H,2,4,12H2,(H,13,14)/t8-/m0/s1. The van der Waals surface area contributed by atoms with Gasteiger partial charge in [-0.3, -0.25) is 4.79 Å². The molecule has 0 spiro atoms. The Labute approximate surface area is 87.2 Å². The summed E-state index contributed by atoms with van der Waals surface area (Å²) in [5.41, 5.74) is 7.53. The Bertz CT molecular complexity index is 378. The number of rotatable bonds is 0. The number of hydrogen-bond acceptors (Lipinski definition) is 2. The van der Waals surface area contributed by atoms with Gasteiger partial charge in [0.05, 0.1) is 6.04 Å². The highest BCUT2D eigenvalue weighted by atomic mass is 35.5. The maximum absolute atomic E-state index is 11.4. The topological polar surface area (TPSA) is 55.1 Å². The first-order valence-electron chi connectivity index (χ1n) is 4.51. The number of amides is 1. The van der Waals surface area contributed by atoms with Gasteiger partial charge in [0, 0.05) is 10.7 Å². The molecule has 1 aromatic rings. The van der Waals surface area contributed by atoms with Crippen LogP contribution in [-0.4, -0.2) is 11.9 Å². The number of nitrogens with two attached hydrogens (primary N) is 1. The fourth-order valence-corrected chi connectivity index (χ4v) is 1.72. The van der Waals surface area contributed by atoms with E-state index in [1.165, 1.54) is 0 Å². The fourth-order valence-electron chi connectivity index (χ4n) is 1.55. The molecule has 4 heteroatoms. The highest BCUT2D eigenvalue weighted by Crippen LogP contribution is 2.24. The van der Waals surface area contributed by atoms with E-state index in [0.29, 0.717) is 11.4 Å². The van der Waals surface area contributed by atoms with Crippen LogP contribution in [0, 0.1) is 0 Å². The van der Waals surface area contributed by atoms with Gasteiger partial charge >= 0.3 is 0 Å². The van der Waals surface area contributed by atoms with Gasteiger partial charge in [-0.15, -0.1) is 0 Å². The maximum Gasteiger partial charge on any atom is 0.241 e. The second-order valence-electron chi connectivity index (χ2n) is 3.44. The van der Waals surface area contributed by atoms with Crippen LogP contribution < -0.4 is 11.1 Å². The summed E-state index contributed by atoms with van der Waals surface area (Å²) in [6.45, 7) is 0. The fraction of sp³-hybridized carbons (Fsp3) is 0.300. The summed E-state index contributed by atoms with van der Waals surface area (Å²) in [6.07, 6.45) is 1.49. The van der Waals surface area contributed by atoms with Crippen molar-refractivity contribution in [2.24, 2.45) is 5.73 Å². The van der Waals surface area contributed by atoms with Gasteiger partial charge in [0.25, 0.3) is 0 Å². The van der Waals surface area contributed by atoms with E-state index in [1.54, 1.807) is 6.07 Å². The molecule has 0 unspecified atom stereocenters. The third kappa shape index (κ3) is 1.74. The van der Waals surface area contributed by atoms with Gasteiger partial charge < -0.3 is 11.1 Å². The lowest BCUT2D eigenvalue weighted by Crippen LogP contribution is -2.34. The number of fused-ring (bicyclic) bond motifs is 1. The Morgan fingerprint density at radius 3 is 3.07 bits per heavy atom. The molecule has 0 radical (unpaired) electrons. The number of hydrogen-bond donors (Lipinski definition) is 2. The zero-order valence-corrected chi connectivity index (χ0v) is 8.34. The zero-order chi connectivity index (χ0) is 10.1. The van der Waals surface area contributed by atoms with Crippen LogP contribution in [-0.2, 0) is 11.2 Å². The van der Waals surface area contributed by atoms with E-state index in [2.05, 4.69) is 5.32 Å². The first kappa shape index (κ1) is 9.49. The number of aryl methyl sites for hydroxylation is 1. The Morgan fingerprint density at radius 2 is 2.29 bits per heavy atom. The van der Waals surface area contributed by atoms with Crippen molar-refractivity contribution in [3.8, 4) is 0 Å². The molecule has 0 aliphatic carbocycles. The SMILES string of the molecule is N[C@H]1CCc2ccc(Cl)cc2NC1=O. The van der Waals surface area contributed by atoms with Crippen LogP contribution in [0.4, 0.5) is 5.69 Å². The van der Waals surface area contributed by atoms with Crippen molar-refractivity contribution in [2.75, 3.05) is 5.32 Å². The molecular weight excluding hydrogens is 200 g/mol. The average Bonchev–Trinajstić information content (AvgIpc) is 2.27. The molecular formula is C10H11ClN2O. The van der Waals surface area contributed by atoms with Crippen LogP contribution in [0.5, 0.6) is 0 Å². The third-order valence-corrected chi connectivity index (χ3v) is 2.63. The molecule has 0 aromatic heterocycles. The number of benzene rings is 1. The Hall–Kier alpha value is -1.06. The first-order valence-corrected chi connectivity index (χ1v) is 4.89. The van der Waals surface area contributed by atoms with Crippen molar-refractivity contribution < 1.29 is 4.79 Å². The van der Waals surface area contributed by atoms with Crippen molar-refractivity contribution in [3.63, 3.8) is 0 Å². The molecule has 3 N–H and O–H groups in total. The van der Waals surface area contributed by atoms with Crippen LogP contribution in [0.1, 0.15) is 12.0 Å². The molecule has 74 valence electrons. The molecule has 0 bridgehead atoms. The highest BCUT2D eigenvalue weighted by Gasteiger charge is 2.19. The number of nitrogens with one attached hydrogen (secondary N) is 1. The second-order valence-corrected chi connectivity index (χ2v) is 3.87. The maximum atomic E-state index is 11.4. The molecule has 1 atom stereocenters. The summed E-state index contributed by atoms with van der Waals surface area (Å²) < 4.78 is 0. The summed E-state index contributed by atoms with van der Waals surface area (Å²) in [6, 6.07) is 5.09. The molecule has 0 saturated carbocycles. The molecule has 2 rings (SSSR count). The number of anilines is 1. The van der Waals surface area contributed by atoms with Gasteiger partial charge in [0.2, 0.25) is 5.91 Å². The molecule has 0 saturated heterocycles. The van der Waals surface area contributed by atoms with E-state index in [4.69, 9.17) is 17.3 Å². The van der Waals surface area contributed by atoms with E-state index in [9.17, 15) is 4.79 Å². The van der Waals surface area contributed by atoms with Crippen LogP contribution in [0.3, 0.4) is 0 Å². The van der Waals surface area contributed by atoms with Crippen molar-refractivity contribution in [2.45, 2.75) is 18.9 Å². The Balaban J connectivity index is 2.38. The average molecular weight is 211 g/mol. The zero-order valence-electron chi connectivity index (χ0n) is 7.59. The lowest BCUT2D eigenvalue weighted by Gasteiger charge is -2.07. The van der Waals surface area contributed by atoms with Gasteiger partial charge in [-0.25, -0.2) is 0 Å². The lowest BCUT2D eigenvalue weighted by atomic mass is 10.1. The van der Waals surface area contributed by atoms with Gasteiger partial charge in [-0.2, -0.15) is 0 Å². The van der Waals surface area contributed by atoms with E-state index in [1.807, 2.05) is 12.1 Å². The van der Waals surface area contributed by atoms with Crippen LogP contribution >= 0.6 is 11.6 Å². The molecule has 1 aromatic carbocycles. The number of carbonyl (C=O) groups is 1. The summed E-state index contributed by atoms with van der Waals surface area (Å²) in [5, 5.41) is 3.39. The molecule has 1 amide bonds. The number of halogens is 1. The van der Waals surface area contributed by atoms with E-state index < -0.39 is 6.04 Å². The Kier molecular flexibility index (Phi) is 2.44. The number of carbonyl (C=O) groups excluding carboxylic acids is 1. The van der Waals surface area contributed by atoms with Crippen LogP contribution in [0.2, 0.25) is 5.02 Å². The van der Waals surface area contributed by atoms with E-state index in [0.717, 1.165) is 17.7 Å². The van der Waals surface area contributed by atoms with Crippen LogP contribution in [0.25, 0.3) is 0 Å². The van der Waals surface area contributed by atoms with Crippen molar-refractivity contribution in [1.29, 1.82) is 0 Å². The Morgan fingerprint density at radius 1 is 1.50 bits per heavy atom. The quantitative estimate of drug-likeness (QED) is 0.683. The minimum Gasteiger partial charge on any atom is -0.324 e. The molecule has 3 nitrogen and oxygen atoms in total. The largest absolute Gasteiger partial charge is 0.324 e. The third-order valence-electron chi connectivity index (χ3n) is 2.39. The predicted octanol–water partition coefficient (Wildman–Crippen LogP) is 1.55. The monoisotopic (exact) mass is 210 g/mol. The molecule has 1 heterocycles. The van der Waals surface area contributed by atoms with Crippen molar-refractivity contribution >= 4 is 23.2 Å². The van der Waals surface area contributed by atoms with Gasteiger partial charge in [-0.05, 0) is 30.5 Å². The first-order chi connectivity index (χ1) is 6.66. The second kappa shape index (κ2) is 3.59. The summed E-state index contributed by atoms with van der Waals surface area (Å²) in [4.78, 5) is 11.4. The minimum absolute atomic E-state index is 0.133. The molecule has 1 aliphatic heterocycles. The van der Waals surface area contributed by atoms with Gasteiger partial charge in [0.15, 0.2) is 0 Å². The normalized spacial score (nSPS) is 21.0. The van der Waals surface area contributed by atoms with Gasteiger partial charge in [0.1, 0.15) is 0 Å².